The molecule has 1 unspecified atom stereocenters. The molecule has 1 aliphatic heterocycles. The quantitative estimate of drug-likeness (QED) is 0.569. The number of benzene rings is 2. The molecule has 5 atom stereocenters. The second kappa shape index (κ2) is 8.74. The first-order valence-electron chi connectivity index (χ1n) is 9.01. The summed E-state index contributed by atoms with van der Waals surface area (Å²) in [6.45, 7) is -0.470. The lowest BCUT2D eigenvalue weighted by atomic mass is 9.89. The Morgan fingerprint density at radius 2 is 1.75 bits per heavy atom. The van der Waals surface area contributed by atoms with Crippen LogP contribution in [0.4, 0.5) is 0 Å². The summed E-state index contributed by atoms with van der Waals surface area (Å²) in [6.07, 6.45) is 0.206. The van der Waals surface area contributed by atoms with Gasteiger partial charge in [0.25, 0.3) is 0 Å². The van der Waals surface area contributed by atoms with Gasteiger partial charge in [0.05, 0.1) is 13.7 Å². The van der Waals surface area contributed by atoms with Crippen LogP contribution in [-0.4, -0.2) is 58.6 Å². The van der Waals surface area contributed by atoms with Crippen LogP contribution in [0.3, 0.4) is 0 Å². The van der Waals surface area contributed by atoms with Crippen LogP contribution in [0, 0.1) is 12.3 Å². The SMILES string of the molecule is C#Cc1ccc([C@@H]2O[C@H](CO)[C@@H](O)C(O)[C@H]2O)cc1Cc1ccc(OC)cc1. The first-order chi connectivity index (χ1) is 13.5. The fourth-order valence-corrected chi connectivity index (χ4v) is 3.42. The van der Waals surface area contributed by atoms with Crippen molar-refractivity contribution in [3.8, 4) is 18.1 Å². The van der Waals surface area contributed by atoms with Gasteiger partial charge >= 0.3 is 0 Å². The van der Waals surface area contributed by atoms with Crippen LogP contribution < -0.4 is 4.74 Å². The van der Waals surface area contributed by atoms with Crippen LogP contribution in [-0.2, 0) is 11.2 Å². The van der Waals surface area contributed by atoms with Crippen molar-refractivity contribution in [1.29, 1.82) is 0 Å². The van der Waals surface area contributed by atoms with E-state index >= 15 is 0 Å². The second-order valence-corrected chi connectivity index (χ2v) is 6.84. The van der Waals surface area contributed by atoms with Gasteiger partial charge in [0.2, 0.25) is 0 Å². The summed E-state index contributed by atoms with van der Waals surface area (Å²) in [5, 5.41) is 39.8. The molecule has 0 aromatic heterocycles. The normalized spacial score (nSPS) is 27.2. The van der Waals surface area contributed by atoms with E-state index in [2.05, 4.69) is 5.92 Å². The third-order valence-corrected chi connectivity index (χ3v) is 5.06. The number of rotatable bonds is 5. The Bertz CT molecular complexity index is 839. The van der Waals surface area contributed by atoms with Gasteiger partial charge in [-0.15, -0.1) is 6.42 Å². The number of methoxy groups -OCH3 is 1. The lowest BCUT2D eigenvalue weighted by molar-refractivity contribution is -0.231. The zero-order chi connectivity index (χ0) is 20.3. The van der Waals surface area contributed by atoms with Crippen molar-refractivity contribution in [2.24, 2.45) is 0 Å². The van der Waals surface area contributed by atoms with E-state index in [1.54, 1.807) is 19.2 Å². The van der Waals surface area contributed by atoms with Crippen LogP contribution in [0.2, 0.25) is 0 Å². The molecular weight excluding hydrogens is 360 g/mol. The third-order valence-electron chi connectivity index (χ3n) is 5.06. The van der Waals surface area contributed by atoms with Crippen LogP contribution in [0.5, 0.6) is 5.75 Å². The minimum atomic E-state index is -1.42. The Morgan fingerprint density at radius 1 is 1.04 bits per heavy atom. The minimum Gasteiger partial charge on any atom is -0.497 e. The average Bonchev–Trinajstić information content (AvgIpc) is 2.73. The Labute approximate surface area is 164 Å². The molecule has 1 fully saturated rings. The highest BCUT2D eigenvalue weighted by atomic mass is 16.5. The molecule has 1 aliphatic rings. The molecule has 2 aromatic carbocycles. The van der Waals surface area contributed by atoms with E-state index in [0.29, 0.717) is 17.5 Å². The highest BCUT2D eigenvalue weighted by molar-refractivity contribution is 5.46. The summed E-state index contributed by atoms with van der Waals surface area (Å²) >= 11 is 0. The maximum absolute atomic E-state index is 10.4. The maximum atomic E-state index is 10.4. The Hall–Kier alpha value is -2.40. The van der Waals surface area contributed by atoms with Crippen molar-refractivity contribution in [2.45, 2.75) is 36.9 Å². The molecule has 6 nitrogen and oxygen atoms in total. The van der Waals surface area contributed by atoms with Crippen molar-refractivity contribution in [3.63, 3.8) is 0 Å². The smallest absolute Gasteiger partial charge is 0.118 e. The molecule has 0 amide bonds. The van der Waals surface area contributed by atoms with Gasteiger partial charge in [0, 0.05) is 5.56 Å². The van der Waals surface area contributed by atoms with E-state index in [1.807, 2.05) is 30.3 Å². The molecule has 1 heterocycles. The lowest BCUT2D eigenvalue weighted by Gasteiger charge is -2.40. The first-order valence-corrected chi connectivity index (χ1v) is 9.01. The minimum absolute atomic E-state index is 0.470. The molecule has 0 aliphatic carbocycles. The molecule has 2 aromatic rings. The lowest BCUT2D eigenvalue weighted by Crippen LogP contribution is -2.55. The second-order valence-electron chi connectivity index (χ2n) is 6.84. The Morgan fingerprint density at radius 3 is 2.36 bits per heavy atom. The molecule has 0 radical (unpaired) electrons. The van der Waals surface area contributed by atoms with Crippen molar-refractivity contribution >= 4 is 0 Å². The third kappa shape index (κ3) is 4.04. The standard InChI is InChI=1S/C22H24O6/c1-3-14-6-7-15(22-21(26)20(25)19(24)18(12-23)28-22)11-16(14)10-13-4-8-17(27-2)9-5-13/h1,4-9,11,18-26H,10,12H2,2H3/t18-,19-,20?,21-,22+/m1/s1. The number of aliphatic hydroxyl groups excluding tert-OH is 4. The van der Waals surface area contributed by atoms with Gasteiger partial charge < -0.3 is 29.9 Å². The van der Waals surface area contributed by atoms with Crippen LogP contribution in [0.1, 0.15) is 28.4 Å². The molecule has 4 N–H and O–H groups in total. The summed E-state index contributed by atoms with van der Waals surface area (Å²) in [6, 6.07) is 12.9. The van der Waals surface area contributed by atoms with Crippen molar-refractivity contribution in [1.82, 2.24) is 0 Å². The van der Waals surface area contributed by atoms with E-state index in [4.69, 9.17) is 15.9 Å². The largest absolute Gasteiger partial charge is 0.497 e. The zero-order valence-corrected chi connectivity index (χ0v) is 15.5. The molecule has 6 heteroatoms. The molecular formula is C22H24O6. The number of ether oxygens (including phenoxy) is 2. The first kappa shape index (κ1) is 20.3. The van der Waals surface area contributed by atoms with Crippen molar-refractivity contribution < 1.29 is 29.9 Å². The highest BCUT2D eigenvalue weighted by Crippen LogP contribution is 2.33. The number of aliphatic hydroxyl groups is 4. The van der Waals surface area contributed by atoms with E-state index in [0.717, 1.165) is 16.9 Å². The van der Waals surface area contributed by atoms with E-state index in [1.165, 1.54) is 0 Å². The molecule has 0 spiro atoms. The van der Waals surface area contributed by atoms with E-state index in [-0.39, 0.29) is 0 Å². The molecule has 148 valence electrons. The molecule has 0 saturated carbocycles. The van der Waals surface area contributed by atoms with Crippen LogP contribution >= 0.6 is 0 Å². The monoisotopic (exact) mass is 384 g/mol. The summed E-state index contributed by atoms with van der Waals surface area (Å²) in [5.74, 6) is 3.42. The molecule has 0 bridgehead atoms. The van der Waals surface area contributed by atoms with Gasteiger partial charge in [-0.25, -0.2) is 0 Å². The molecule has 28 heavy (non-hydrogen) atoms. The van der Waals surface area contributed by atoms with Crippen LogP contribution in [0.15, 0.2) is 42.5 Å². The predicted octanol–water partition coefficient (Wildman–Crippen LogP) is 0.782. The number of terminal acetylenes is 1. The fraction of sp³-hybridized carbons (Fsp3) is 0.364. The zero-order valence-electron chi connectivity index (χ0n) is 15.5. The fourth-order valence-electron chi connectivity index (χ4n) is 3.42. The molecule has 3 rings (SSSR count). The van der Waals surface area contributed by atoms with Crippen molar-refractivity contribution in [2.75, 3.05) is 13.7 Å². The highest BCUT2D eigenvalue weighted by Gasteiger charge is 2.43. The van der Waals surface area contributed by atoms with E-state index in [9.17, 15) is 20.4 Å². The van der Waals surface area contributed by atoms with Gasteiger partial charge in [-0.2, -0.15) is 0 Å². The Balaban J connectivity index is 1.90. The van der Waals surface area contributed by atoms with Crippen LogP contribution in [0.25, 0.3) is 0 Å². The van der Waals surface area contributed by atoms with Gasteiger partial charge in [0.1, 0.15) is 36.3 Å². The Kier molecular flexibility index (Phi) is 6.35. The molecule has 1 saturated heterocycles. The van der Waals surface area contributed by atoms with E-state index < -0.39 is 37.1 Å². The summed E-state index contributed by atoms with van der Waals surface area (Å²) in [4.78, 5) is 0. The topological polar surface area (TPSA) is 99.4 Å². The van der Waals surface area contributed by atoms with Crippen molar-refractivity contribution in [3.05, 3.63) is 64.7 Å². The number of hydrogen-bond donors (Lipinski definition) is 4. The van der Waals surface area contributed by atoms with Gasteiger partial charge in [-0.1, -0.05) is 30.2 Å². The van der Waals surface area contributed by atoms with Gasteiger partial charge in [-0.3, -0.25) is 0 Å². The summed E-state index contributed by atoms with van der Waals surface area (Å²) in [5.41, 5.74) is 3.22. The van der Waals surface area contributed by atoms with Gasteiger partial charge in [-0.05, 0) is 41.3 Å². The predicted molar refractivity (Wildman–Crippen MR) is 103 cm³/mol. The summed E-state index contributed by atoms with van der Waals surface area (Å²) < 4.78 is 10.8. The number of hydrogen-bond acceptors (Lipinski definition) is 6. The van der Waals surface area contributed by atoms with Gasteiger partial charge in [0.15, 0.2) is 0 Å². The summed E-state index contributed by atoms with van der Waals surface area (Å²) in [7, 11) is 1.61. The maximum Gasteiger partial charge on any atom is 0.118 e. The average molecular weight is 384 g/mol.